The zero-order chi connectivity index (χ0) is 14.8. The highest BCUT2D eigenvalue weighted by Crippen LogP contribution is 2.64. The average molecular weight is 288 g/mol. The number of hydrogen-bond acceptors (Lipinski definition) is 2. The van der Waals surface area contributed by atoms with E-state index < -0.39 is 0 Å². The zero-order valence-electron chi connectivity index (χ0n) is 13.4. The smallest absolute Gasteiger partial charge is 0.136 e. The summed E-state index contributed by atoms with van der Waals surface area (Å²) in [6.07, 6.45) is 10.6. The maximum absolute atomic E-state index is 11.8. The van der Waals surface area contributed by atoms with Gasteiger partial charge >= 0.3 is 0 Å². The lowest BCUT2D eigenvalue weighted by Gasteiger charge is -2.57. The third-order valence-electron chi connectivity index (χ3n) is 7.89. The van der Waals surface area contributed by atoms with Crippen molar-refractivity contribution < 1.29 is 9.90 Å². The summed E-state index contributed by atoms with van der Waals surface area (Å²) in [6.45, 7) is 4.76. The summed E-state index contributed by atoms with van der Waals surface area (Å²) in [5, 5.41) is 10.4. The topological polar surface area (TPSA) is 37.3 Å². The number of allylic oxidation sites excluding steroid dienone is 2. The van der Waals surface area contributed by atoms with Crippen LogP contribution in [-0.2, 0) is 4.79 Å². The van der Waals surface area contributed by atoms with Crippen molar-refractivity contribution in [3.8, 4) is 0 Å². The van der Waals surface area contributed by atoms with Gasteiger partial charge in [0.25, 0.3) is 0 Å². The second kappa shape index (κ2) is 4.44. The van der Waals surface area contributed by atoms with Crippen LogP contribution in [0, 0.1) is 28.6 Å². The SMILES string of the molecule is C[C@]12CC[C@H]3[C@@H](CC=C4CC(=O)CC[C@@]43C)[C@@H]1CC[C@@H]2O. The zero-order valence-corrected chi connectivity index (χ0v) is 13.4. The van der Waals surface area contributed by atoms with Crippen molar-refractivity contribution in [1.82, 2.24) is 0 Å². The van der Waals surface area contributed by atoms with E-state index in [9.17, 15) is 9.90 Å². The second-order valence-electron chi connectivity index (χ2n) is 8.61. The van der Waals surface area contributed by atoms with Crippen molar-refractivity contribution >= 4 is 5.78 Å². The Kier molecular flexibility index (Phi) is 2.96. The first-order valence-corrected chi connectivity index (χ1v) is 8.84. The fourth-order valence-corrected chi connectivity index (χ4v) is 6.45. The Labute approximate surface area is 128 Å². The van der Waals surface area contributed by atoms with Crippen molar-refractivity contribution in [1.29, 1.82) is 0 Å². The molecule has 1 N–H and O–H groups in total. The third-order valence-corrected chi connectivity index (χ3v) is 7.89. The van der Waals surface area contributed by atoms with Gasteiger partial charge in [-0.05, 0) is 67.1 Å². The van der Waals surface area contributed by atoms with Gasteiger partial charge in [-0.25, -0.2) is 0 Å². The quantitative estimate of drug-likeness (QED) is 0.687. The number of Topliss-reactive ketones (excluding diaryl/α,β-unsaturated/α-hetero) is 1. The average Bonchev–Trinajstić information content (AvgIpc) is 2.76. The largest absolute Gasteiger partial charge is 0.393 e. The molecule has 6 atom stereocenters. The summed E-state index contributed by atoms with van der Waals surface area (Å²) in [5.74, 6) is 2.62. The van der Waals surface area contributed by atoms with Crippen molar-refractivity contribution in [2.45, 2.75) is 71.3 Å². The van der Waals surface area contributed by atoms with Crippen molar-refractivity contribution in [2.24, 2.45) is 28.6 Å². The van der Waals surface area contributed by atoms with E-state index in [0.29, 0.717) is 18.1 Å². The van der Waals surface area contributed by atoms with Crippen LogP contribution in [0.2, 0.25) is 0 Å². The molecular weight excluding hydrogens is 260 g/mol. The molecule has 0 spiro atoms. The van der Waals surface area contributed by atoms with Crippen LogP contribution in [0.5, 0.6) is 0 Å². The number of hydrogen-bond donors (Lipinski definition) is 1. The molecule has 4 aliphatic rings. The predicted octanol–water partition coefficient (Wildman–Crippen LogP) is 3.88. The van der Waals surface area contributed by atoms with Crippen LogP contribution in [0.15, 0.2) is 11.6 Å². The Morgan fingerprint density at radius 3 is 2.76 bits per heavy atom. The molecule has 0 aromatic carbocycles. The highest BCUT2D eigenvalue weighted by Gasteiger charge is 2.58. The Balaban J connectivity index is 1.69. The molecule has 3 fully saturated rings. The minimum atomic E-state index is -0.0884. The molecule has 0 unspecified atom stereocenters. The number of aliphatic hydroxyl groups excluding tert-OH is 1. The number of rotatable bonds is 0. The Bertz CT molecular complexity index is 508. The molecular formula is C19H28O2. The highest BCUT2D eigenvalue weighted by atomic mass is 16.3. The van der Waals surface area contributed by atoms with Gasteiger partial charge in [0.1, 0.15) is 5.78 Å². The molecule has 0 radical (unpaired) electrons. The van der Waals surface area contributed by atoms with E-state index in [4.69, 9.17) is 0 Å². The Hall–Kier alpha value is -0.630. The predicted molar refractivity (Wildman–Crippen MR) is 82.7 cm³/mol. The summed E-state index contributed by atoms with van der Waals surface area (Å²) in [7, 11) is 0. The van der Waals surface area contributed by atoms with Gasteiger partial charge < -0.3 is 5.11 Å². The summed E-state index contributed by atoms with van der Waals surface area (Å²) in [6, 6.07) is 0. The Morgan fingerprint density at radius 2 is 1.95 bits per heavy atom. The summed E-state index contributed by atoms with van der Waals surface area (Å²) in [4.78, 5) is 11.8. The molecule has 0 aromatic heterocycles. The van der Waals surface area contributed by atoms with E-state index in [0.717, 1.165) is 37.5 Å². The summed E-state index contributed by atoms with van der Waals surface area (Å²) >= 11 is 0. The van der Waals surface area contributed by atoms with E-state index in [-0.39, 0.29) is 16.9 Å². The number of ketones is 1. The molecule has 2 nitrogen and oxygen atoms in total. The Morgan fingerprint density at radius 1 is 1.14 bits per heavy atom. The van der Waals surface area contributed by atoms with Gasteiger partial charge in [-0.1, -0.05) is 25.5 Å². The van der Waals surface area contributed by atoms with E-state index in [1.54, 1.807) is 0 Å². The lowest BCUT2D eigenvalue weighted by molar-refractivity contribution is -0.122. The normalized spacial score (nSPS) is 52.7. The minimum absolute atomic E-state index is 0.0884. The second-order valence-corrected chi connectivity index (χ2v) is 8.61. The van der Waals surface area contributed by atoms with E-state index in [1.807, 2.05) is 0 Å². The summed E-state index contributed by atoms with van der Waals surface area (Å²) < 4.78 is 0. The molecule has 0 bridgehead atoms. The first kappa shape index (κ1) is 14.0. The first-order valence-electron chi connectivity index (χ1n) is 8.84. The van der Waals surface area contributed by atoms with Gasteiger partial charge in [-0.3, -0.25) is 4.79 Å². The monoisotopic (exact) mass is 288 g/mol. The van der Waals surface area contributed by atoms with Crippen LogP contribution >= 0.6 is 0 Å². The lowest BCUT2D eigenvalue weighted by atomic mass is 9.48. The molecule has 21 heavy (non-hydrogen) atoms. The fraction of sp³-hybridized carbons (Fsp3) is 0.842. The van der Waals surface area contributed by atoms with Crippen molar-refractivity contribution in [2.75, 3.05) is 0 Å². The van der Waals surface area contributed by atoms with Gasteiger partial charge in [0, 0.05) is 12.8 Å². The van der Waals surface area contributed by atoms with Crippen LogP contribution < -0.4 is 0 Å². The molecule has 3 saturated carbocycles. The van der Waals surface area contributed by atoms with Gasteiger partial charge in [0.05, 0.1) is 6.10 Å². The number of aliphatic hydroxyl groups is 1. The summed E-state index contributed by atoms with van der Waals surface area (Å²) in [5.41, 5.74) is 1.88. The molecule has 4 rings (SSSR count). The minimum Gasteiger partial charge on any atom is -0.393 e. The standard InChI is InChI=1S/C19H28O2/c1-18-9-7-13(20)11-12(18)3-4-14-15-5-6-17(21)19(15,2)10-8-16(14)18/h3,14-17,21H,4-11H2,1-2H3/t14-,15-,16-,17-,18-,19-/m0/s1. The van der Waals surface area contributed by atoms with Crippen LogP contribution in [0.25, 0.3) is 0 Å². The maximum Gasteiger partial charge on any atom is 0.136 e. The van der Waals surface area contributed by atoms with Crippen LogP contribution in [0.1, 0.15) is 65.2 Å². The highest BCUT2D eigenvalue weighted by molar-refractivity contribution is 5.82. The molecule has 0 aliphatic heterocycles. The van der Waals surface area contributed by atoms with Gasteiger partial charge in [0.2, 0.25) is 0 Å². The molecule has 0 saturated heterocycles. The van der Waals surface area contributed by atoms with E-state index in [1.165, 1.54) is 24.8 Å². The van der Waals surface area contributed by atoms with Crippen LogP contribution in [0.3, 0.4) is 0 Å². The molecule has 0 aromatic rings. The van der Waals surface area contributed by atoms with Gasteiger partial charge in [-0.2, -0.15) is 0 Å². The van der Waals surface area contributed by atoms with Gasteiger partial charge in [-0.15, -0.1) is 0 Å². The maximum atomic E-state index is 11.8. The molecule has 116 valence electrons. The molecule has 4 aliphatic carbocycles. The van der Waals surface area contributed by atoms with Crippen molar-refractivity contribution in [3.63, 3.8) is 0 Å². The van der Waals surface area contributed by atoms with Crippen LogP contribution in [0.4, 0.5) is 0 Å². The van der Waals surface area contributed by atoms with Crippen LogP contribution in [-0.4, -0.2) is 17.0 Å². The fourth-order valence-electron chi connectivity index (χ4n) is 6.45. The molecule has 0 heterocycles. The number of carbonyl (C=O) groups excluding carboxylic acids is 1. The first-order chi connectivity index (χ1) is 9.95. The van der Waals surface area contributed by atoms with Crippen molar-refractivity contribution in [3.05, 3.63) is 11.6 Å². The van der Waals surface area contributed by atoms with Gasteiger partial charge in [0.15, 0.2) is 0 Å². The molecule has 2 heteroatoms. The third kappa shape index (κ3) is 1.78. The van der Waals surface area contributed by atoms with E-state index in [2.05, 4.69) is 19.9 Å². The van der Waals surface area contributed by atoms with E-state index >= 15 is 0 Å². The number of fused-ring (bicyclic) bond motifs is 5. The number of carbonyl (C=O) groups is 1. The molecule has 0 amide bonds. The lowest BCUT2D eigenvalue weighted by Crippen LogP contribution is -2.50.